The Kier molecular flexibility index (Phi) is 7.67. The summed E-state index contributed by atoms with van der Waals surface area (Å²) in [7, 11) is 2.07. The van der Waals surface area contributed by atoms with Crippen molar-refractivity contribution in [1.29, 1.82) is 0 Å². The summed E-state index contributed by atoms with van der Waals surface area (Å²) >= 11 is 0. The van der Waals surface area contributed by atoms with E-state index in [-0.39, 0.29) is 5.91 Å². The van der Waals surface area contributed by atoms with Gasteiger partial charge >= 0.3 is 0 Å². The van der Waals surface area contributed by atoms with Gasteiger partial charge in [0.1, 0.15) is 0 Å². The van der Waals surface area contributed by atoms with Gasteiger partial charge in [-0.05, 0) is 57.6 Å². The molecule has 26 heavy (non-hydrogen) atoms. The fourth-order valence-electron chi connectivity index (χ4n) is 3.09. The molecule has 4 heteroatoms. The zero-order valence-corrected chi connectivity index (χ0v) is 16.4. The molecule has 0 atom stereocenters. The average Bonchev–Trinajstić information content (AvgIpc) is 2.63. The van der Waals surface area contributed by atoms with Gasteiger partial charge in [-0.25, -0.2) is 0 Å². The highest BCUT2D eigenvalue weighted by atomic mass is 16.1. The highest BCUT2D eigenvalue weighted by Crippen LogP contribution is 2.17. The molecule has 4 nitrogen and oxygen atoms in total. The molecule has 1 N–H and O–H groups in total. The van der Waals surface area contributed by atoms with Crippen LogP contribution in [0.15, 0.2) is 54.6 Å². The molecule has 0 unspecified atom stereocenters. The summed E-state index contributed by atoms with van der Waals surface area (Å²) in [5.74, 6) is -0.0164. The number of nitrogens with zero attached hydrogens (tertiary/aromatic N) is 2. The summed E-state index contributed by atoms with van der Waals surface area (Å²) in [5.41, 5.74) is 3.14. The number of anilines is 1. The Morgan fingerprint density at radius 2 is 1.69 bits per heavy atom. The second-order valence-corrected chi connectivity index (χ2v) is 6.91. The zero-order valence-electron chi connectivity index (χ0n) is 16.4. The topological polar surface area (TPSA) is 35.6 Å². The minimum atomic E-state index is -0.0164. The lowest BCUT2D eigenvalue weighted by Crippen LogP contribution is -2.33. The monoisotopic (exact) mass is 353 g/mol. The van der Waals surface area contributed by atoms with Gasteiger partial charge in [0.25, 0.3) is 5.91 Å². The predicted molar refractivity (Wildman–Crippen MR) is 110 cm³/mol. The minimum absolute atomic E-state index is 0.0164. The Morgan fingerprint density at radius 3 is 2.27 bits per heavy atom. The number of benzene rings is 2. The molecular formula is C22H31N3O. The summed E-state index contributed by atoms with van der Waals surface area (Å²) in [5, 5.41) is 3.01. The van der Waals surface area contributed by atoms with Gasteiger partial charge < -0.3 is 15.1 Å². The molecule has 0 aliphatic rings. The van der Waals surface area contributed by atoms with Crippen LogP contribution < -0.4 is 10.2 Å². The van der Waals surface area contributed by atoms with Crippen LogP contribution in [0.2, 0.25) is 0 Å². The number of amides is 1. The molecular weight excluding hydrogens is 322 g/mol. The SMILES string of the molecule is CCN(c1ccc(C(=O)NCCN(C)Cc2ccccc2)cc1)C(C)C. The first-order chi connectivity index (χ1) is 12.5. The molecule has 0 saturated heterocycles. The Morgan fingerprint density at radius 1 is 1.04 bits per heavy atom. The van der Waals surface area contributed by atoms with Crippen molar-refractivity contribution in [3.63, 3.8) is 0 Å². The van der Waals surface area contributed by atoms with Gasteiger partial charge in [-0.2, -0.15) is 0 Å². The molecule has 0 aliphatic carbocycles. The molecule has 0 fully saturated rings. The molecule has 0 bridgehead atoms. The molecule has 0 aliphatic heterocycles. The van der Waals surface area contributed by atoms with Crippen LogP contribution >= 0.6 is 0 Å². The normalized spacial score (nSPS) is 11.0. The van der Waals surface area contributed by atoms with Crippen LogP contribution in [-0.2, 0) is 6.54 Å². The second kappa shape index (κ2) is 9.97. The Bertz CT molecular complexity index is 668. The van der Waals surface area contributed by atoms with Crippen molar-refractivity contribution < 1.29 is 4.79 Å². The van der Waals surface area contributed by atoms with Gasteiger partial charge in [-0.15, -0.1) is 0 Å². The lowest BCUT2D eigenvalue weighted by Gasteiger charge is -2.27. The van der Waals surface area contributed by atoms with E-state index in [2.05, 4.69) is 55.1 Å². The van der Waals surface area contributed by atoms with Gasteiger partial charge in [0.05, 0.1) is 0 Å². The summed E-state index contributed by atoms with van der Waals surface area (Å²) in [4.78, 5) is 16.8. The third-order valence-corrected chi connectivity index (χ3v) is 4.50. The lowest BCUT2D eigenvalue weighted by molar-refractivity contribution is 0.0949. The maximum absolute atomic E-state index is 12.3. The van der Waals surface area contributed by atoms with E-state index in [0.717, 1.165) is 25.3 Å². The van der Waals surface area contributed by atoms with E-state index >= 15 is 0 Å². The van der Waals surface area contributed by atoms with Crippen molar-refractivity contribution in [3.8, 4) is 0 Å². The van der Waals surface area contributed by atoms with Crippen molar-refractivity contribution in [3.05, 3.63) is 65.7 Å². The first kappa shape index (κ1) is 20.0. The van der Waals surface area contributed by atoms with Crippen molar-refractivity contribution in [2.45, 2.75) is 33.4 Å². The zero-order chi connectivity index (χ0) is 18.9. The number of nitrogens with one attached hydrogen (secondary N) is 1. The summed E-state index contributed by atoms with van der Waals surface area (Å²) < 4.78 is 0. The van der Waals surface area contributed by atoms with E-state index in [4.69, 9.17) is 0 Å². The fourth-order valence-corrected chi connectivity index (χ4v) is 3.09. The molecule has 2 aromatic rings. The molecule has 0 radical (unpaired) electrons. The largest absolute Gasteiger partial charge is 0.369 e. The Hall–Kier alpha value is -2.33. The molecule has 0 spiro atoms. The summed E-state index contributed by atoms with van der Waals surface area (Å²) in [6.07, 6.45) is 0. The van der Waals surface area contributed by atoms with Crippen LogP contribution in [0.5, 0.6) is 0 Å². The van der Waals surface area contributed by atoms with Gasteiger partial charge in [0.2, 0.25) is 0 Å². The van der Waals surface area contributed by atoms with Crippen LogP contribution in [0.1, 0.15) is 36.7 Å². The molecule has 1 amide bonds. The summed E-state index contributed by atoms with van der Waals surface area (Å²) in [6.45, 7) is 9.79. The third kappa shape index (κ3) is 5.88. The van der Waals surface area contributed by atoms with Crippen LogP contribution in [0, 0.1) is 0 Å². The second-order valence-electron chi connectivity index (χ2n) is 6.91. The maximum atomic E-state index is 12.3. The van der Waals surface area contributed by atoms with E-state index < -0.39 is 0 Å². The smallest absolute Gasteiger partial charge is 0.251 e. The molecule has 2 aromatic carbocycles. The van der Waals surface area contributed by atoms with Crippen molar-refractivity contribution in [1.82, 2.24) is 10.2 Å². The van der Waals surface area contributed by atoms with E-state index in [1.165, 1.54) is 5.56 Å². The molecule has 140 valence electrons. The van der Waals surface area contributed by atoms with Crippen molar-refractivity contribution in [2.75, 3.05) is 31.6 Å². The van der Waals surface area contributed by atoms with Gasteiger partial charge in [0.15, 0.2) is 0 Å². The number of rotatable bonds is 9. The fraction of sp³-hybridized carbons (Fsp3) is 0.409. The number of likely N-dealkylation sites (N-methyl/N-ethyl adjacent to an activating group) is 1. The third-order valence-electron chi connectivity index (χ3n) is 4.50. The van der Waals surface area contributed by atoms with Crippen LogP contribution in [0.3, 0.4) is 0 Å². The standard InChI is InChI=1S/C22H31N3O/c1-5-25(18(2)3)21-13-11-20(12-14-21)22(26)23-15-16-24(4)17-19-9-7-6-8-10-19/h6-14,18H,5,15-17H2,1-4H3,(H,23,26). The van der Waals surface area contributed by atoms with Crippen molar-refractivity contribution >= 4 is 11.6 Å². The lowest BCUT2D eigenvalue weighted by atomic mass is 10.1. The average molecular weight is 354 g/mol. The van der Waals surface area contributed by atoms with Gasteiger partial charge in [0, 0.05) is 43.5 Å². The van der Waals surface area contributed by atoms with E-state index in [1.807, 2.05) is 42.5 Å². The quantitative estimate of drug-likeness (QED) is 0.745. The first-order valence-electron chi connectivity index (χ1n) is 9.38. The molecule has 0 heterocycles. The highest BCUT2D eigenvalue weighted by Gasteiger charge is 2.10. The van der Waals surface area contributed by atoms with E-state index in [9.17, 15) is 4.79 Å². The number of carbonyl (C=O) groups excluding carboxylic acids is 1. The van der Waals surface area contributed by atoms with Gasteiger partial charge in [-0.1, -0.05) is 30.3 Å². The first-order valence-corrected chi connectivity index (χ1v) is 9.38. The van der Waals surface area contributed by atoms with Crippen LogP contribution in [0.4, 0.5) is 5.69 Å². The number of hydrogen-bond acceptors (Lipinski definition) is 3. The van der Waals surface area contributed by atoms with E-state index in [1.54, 1.807) is 0 Å². The minimum Gasteiger partial charge on any atom is -0.369 e. The Labute approximate surface area is 157 Å². The highest BCUT2D eigenvalue weighted by molar-refractivity contribution is 5.94. The predicted octanol–water partition coefficient (Wildman–Crippen LogP) is 3.78. The Balaban J connectivity index is 1.80. The molecule has 0 saturated carbocycles. The maximum Gasteiger partial charge on any atom is 0.251 e. The van der Waals surface area contributed by atoms with E-state index in [0.29, 0.717) is 18.2 Å². The summed E-state index contributed by atoms with van der Waals surface area (Å²) in [6, 6.07) is 18.7. The van der Waals surface area contributed by atoms with Crippen molar-refractivity contribution in [2.24, 2.45) is 0 Å². The molecule has 0 aromatic heterocycles. The number of carbonyl (C=O) groups is 1. The number of hydrogen-bond donors (Lipinski definition) is 1. The van der Waals surface area contributed by atoms with Crippen LogP contribution in [0.25, 0.3) is 0 Å². The molecule has 2 rings (SSSR count). The van der Waals surface area contributed by atoms with Crippen LogP contribution in [-0.4, -0.2) is 43.5 Å². The van der Waals surface area contributed by atoms with Gasteiger partial charge in [-0.3, -0.25) is 4.79 Å².